The normalized spacial score (nSPS) is 12.2. The average molecular weight is 579 g/mol. The summed E-state index contributed by atoms with van der Waals surface area (Å²) < 4.78 is 27.0. The van der Waals surface area contributed by atoms with Crippen LogP contribution < -0.4 is 9.62 Å². The number of fused-ring (bicyclic) bond motifs is 1. The van der Waals surface area contributed by atoms with Crippen LogP contribution in [0.15, 0.2) is 60.7 Å². The van der Waals surface area contributed by atoms with E-state index in [0.29, 0.717) is 39.6 Å². The number of nitrogens with zero attached hydrogens (tertiary/aromatic N) is 2. The molecule has 0 aliphatic rings. The minimum absolute atomic E-state index is 0.0514. The van der Waals surface area contributed by atoms with Gasteiger partial charge in [-0.25, -0.2) is 8.42 Å². The van der Waals surface area contributed by atoms with E-state index >= 15 is 0 Å². The third kappa shape index (κ3) is 7.18. The van der Waals surface area contributed by atoms with Crippen molar-refractivity contribution >= 4 is 61.5 Å². The number of benzene rings is 3. The van der Waals surface area contributed by atoms with Crippen LogP contribution >= 0.6 is 23.2 Å². The summed E-state index contributed by atoms with van der Waals surface area (Å²) in [5.74, 6) is -0.856. The molecule has 0 saturated heterocycles. The van der Waals surface area contributed by atoms with Crippen LogP contribution in [0.25, 0.3) is 10.8 Å². The third-order valence-electron chi connectivity index (χ3n) is 6.32. The van der Waals surface area contributed by atoms with Crippen molar-refractivity contribution in [2.45, 2.75) is 45.7 Å². The lowest BCUT2D eigenvalue weighted by atomic mass is 10.1. The Balaban J connectivity index is 2.04. The molecule has 0 heterocycles. The first-order valence-electron chi connectivity index (χ1n) is 12.5. The molecule has 1 atom stereocenters. The highest BCUT2D eigenvalue weighted by Gasteiger charge is 2.32. The number of hydrogen-bond acceptors (Lipinski definition) is 4. The summed E-state index contributed by atoms with van der Waals surface area (Å²) in [6, 6.07) is 16.8. The smallest absolute Gasteiger partial charge is 0.244 e. The second kappa shape index (κ2) is 13.3. The number of carbonyl (C=O) groups excluding carboxylic acids is 2. The van der Waals surface area contributed by atoms with Crippen LogP contribution in [0.1, 0.15) is 38.7 Å². The Morgan fingerprint density at radius 1 is 0.947 bits per heavy atom. The third-order valence-corrected chi connectivity index (χ3v) is 8.15. The molecule has 0 radical (unpaired) electrons. The summed E-state index contributed by atoms with van der Waals surface area (Å²) in [7, 11) is -3.86. The van der Waals surface area contributed by atoms with Crippen LogP contribution in [-0.4, -0.2) is 50.5 Å². The van der Waals surface area contributed by atoms with Crippen molar-refractivity contribution in [3.8, 4) is 0 Å². The summed E-state index contributed by atoms with van der Waals surface area (Å²) in [6.07, 6.45) is 3.09. The fourth-order valence-electron chi connectivity index (χ4n) is 4.30. The standard InChI is InChI=1S/C28H33Cl2N3O4S/c1-4-6-17-31-28(35)25(5-2)32(18-22-23(29)14-10-15-24(22)30)27(34)19-33(38(3,36)37)26-16-9-12-20-11-7-8-13-21(20)26/h7-16,25H,4-6,17-19H2,1-3H3,(H,31,35). The molecule has 0 aromatic heterocycles. The highest BCUT2D eigenvalue weighted by atomic mass is 35.5. The topological polar surface area (TPSA) is 86.8 Å². The molecule has 3 rings (SSSR count). The van der Waals surface area contributed by atoms with Gasteiger partial charge >= 0.3 is 0 Å². The molecular weight excluding hydrogens is 545 g/mol. The van der Waals surface area contributed by atoms with E-state index in [1.54, 1.807) is 37.3 Å². The zero-order chi connectivity index (χ0) is 27.9. The van der Waals surface area contributed by atoms with Gasteiger partial charge in [0.25, 0.3) is 0 Å². The SMILES string of the molecule is CCCCNC(=O)C(CC)N(Cc1c(Cl)cccc1Cl)C(=O)CN(c1cccc2ccccc12)S(C)(=O)=O. The lowest BCUT2D eigenvalue weighted by Gasteiger charge is -2.33. The van der Waals surface area contributed by atoms with Gasteiger partial charge in [0.1, 0.15) is 12.6 Å². The first kappa shape index (κ1) is 29.7. The number of carbonyl (C=O) groups is 2. The lowest BCUT2D eigenvalue weighted by Crippen LogP contribution is -2.52. The fraction of sp³-hybridized carbons (Fsp3) is 0.357. The van der Waals surface area contributed by atoms with Gasteiger partial charge in [-0.15, -0.1) is 0 Å². The maximum absolute atomic E-state index is 13.9. The number of sulfonamides is 1. The monoisotopic (exact) mass is 577 g/mol. The van der Waals surface area contributed by atoms with Gasteiger partial charge in [0.05, 0.1) is 11.9 Å². The van der Waals surface area contributed by atoms with Crippen LogP contribution in [0.5, 0.6) is 0 Å². The van der Waals surface area contributed by atoms with Crippen molar-refractivity contribution in [3.63, 3.8) is 0 Å². The summed E-state index contributed by atoms with van der Waals surface area (Å²) in [4.78, 5) is 28.5. The Labute approximate surface area is 234 Å². The lowest BCUT2D eigenvalue weighted by molar-refractivity contribution is -0.140. The first-order chi connectivity index (χ1) is 18.1. The van der Waals surface area contributed by atoms with Crippen LogP contribution in [0.4, 0.5) is 5.69 Å². The minimum Gasteiger partial charge on any atom is -0.354 e. The Bertz CT molecular complexity index is 1370. The molecule has 0 spiro atoms. The number of halogens is 2. The molecule has 2 amide bonds. The molecule has 10 heteroatoms. The van der Waals surface area contributed by atoms with E-state index in [4.69, 9.17) is 23.2 Å². The number of rotatable bonds is 12. The van der Waals surface area contributed by atoms with E-state index in [0.717, 1.165) is 28.8 Å². The Morgan fingerprint density at radius 3 is 2.21 bits per heavy atom. The van der Waals surface area contributed by atoms with Crippen molar-refractivity contribution < 1.29 is 18.0 Å². The van der Waals surface area contributed by atoms with E-state index in [1.165, 1.54) is 4.90 Å². The largest absolute Gasteiger partial charge is 0.354 e. The van der Waals surface area contributed by atoms with Crippen LogP contribution in [0.3, 0.4) is 0 Å². The van der Waals surface area contributed by atoms with Gasteiger partial charge in [0.15, 0.2) is 0 Å². The predicted molar refractivity (Wildman–Crippen MR) is 155 cm³/mol. The van der Waals surface area contributed by atoms with Crippen molar-refractivity contribution in [2.75, 3.05) is 23.7 Å². The molecule has 1 unspecified atom stereocenters. The summed E-state index contributed by atoms with van der Waals surface area (Å²) in [5.41, 5.74) is 0.871. The second-order valence-electron chi connectivity index (χ2n) is 9.06. The number of hydrogen-bond donors (Lipinski definition) is 1. The molecule has 3 aromatic rings. The predicted octanol–water partition coefficient (Wildman–Crippen LogP) is 5.64. The van der Waals surface area contributed by atoms with Gasteiger partial charge in [-0.3, -0.25) is 13.9 Å². The molecule has 3 aromatic carbocycles. The molecule has 7 nitrogen and oxygen atoms in total. The maximum Gasteiger partial charge on any atom is 0.244 e. The zero-order valence-corrected chi connectivity index (χ0v) is 24.1. The van der Waals surface area contributed by atoms with Crippen molar-refractivity contribution in [1.29, 1.82) is 0 Å². The molecule has 0 fully saturated rings. The molecule has 0 aliphatic heterocycles. The molecule has 0 saturated carbocycles. The van der Waals surface area contributed by atoms with Gasteiger partial charge in [-0.1, -0.05) is 85.9 Å². The first-order valence-corrected chi connectivity index (χ1v) is 15.1. The average Bonchev–Trinajstić information content (AvgIpc) is 2.88. The number of amides is 2. The molecule has 0 bridgehead atoms. The Morgan fingerprint density at radius 2 is 1.58 bits per heavy atom. The highest BCUT2D eigenvalue weighted by molar-refractivity contribution is 7.92. The van der Waals surface area contributed by atoms with Gasteiger partial charge < -0.3 is 10.2 Å². The maximum atomic E-state index is 13.9. The van der Waals surface area contributed by atoms with Crippen LogP contribution in [0, 0.1) is 0 Å². The minimum atomic E-state index is -3.86. The van der Waals surface area contributed by atoms with Crippen molar-refractivity contribution in [1.82, 2.24) is 10.2 Å². The highest BCUT2D eigenvalue weighted by Crippen LogP contribution is 2.30. The van der Waals surface area contributed by atoms with E-state index in [2.05, 4.69) is 5.32 Å². The van der Waals surface area contributed by atoms with Gasteiger partial charge in [-0.2, -0.15) is 0 Å². The van der Waals surface area contributed by atoms with Gasteiger partial charge in [-0.05, 0) is 36.4 Å². The van der Waals surface area contributed by atoms with E-state index in [1.807, 2.05) is 37.3 Å². The summed E-state index contributed by atoms with van der Waals surface area (Å²) in [5, 5.41) is 5.13. The van der Waals surface area contributed by atoms with E-state index in [9.17, 15) is 18.0 Å². The molecule has 38 heavy (non-hydrogen) atoms. The molecular formula is C28H33Cl2N3O4S. The van der Waals surface area contributed by atoms with Crippen molar-refractivity contribution in [2.24, 2.45) is 0 Å². The number of nitrogens with one attached hydrogen (secondary N) is 1. The van der Waals surface area contributed by atoms with E-state index < -0.39 is 28.5 Å². The van der Waals surface area contributed by atoms with E-state index in [-0.39, 0.29) is 12.5 Å². The number of anilines is 1. The Hall–Kier alpha value is -2.81. The van der Waals surface area contributed by atoms with Gasteiger partial charge in [0.2, 0.25) is 21.8 Å². The molecule has 0 aliphatic carbocycles. The summed E-state index contributed by atoms with van der Waals surface area (Å²) >= 11 is 12.8. The van der Waals surface area contributed by atoms with Gasteiger partial charge in [0, 0.05) is 34.1 Å². The molecule has 204 valence electrons. The summed E-state index contributed by atoms with van der Waals surface area (Å²) in [6.45, 7) is 3.76. The van der Waals surface area contributed by atoms with Crippen molar-refractivity contribution in [3.05, 3.63) is 76.3 Å². The zero-order valence-electron chi connectivity index (χ0n) is 21.8. The second-order valence-corrected chi connectivity index (χ2v) is 11.8. The van der Waals surface area contributed by atoms with Crippen LogP contribution in [0.2, 0.25) is 10.0 Å². The fourth-order valence-corrected chi connectivity index (χ4v) is 5.68. The molecule has 1 N–H and O–H groups in total. The number of unbranched alkanes of at least 4 members (excludes halogenated alkanes) is 1. The van der Waals surface area contributed by atoms with Crippen LogP contribution in [-0.2, 0) is 26.2 Å². The quantitative estimate of drug-likeness (QED) is 0.282. The Kier molecular flexibility index (Phi) is 10.4.